The Balaban J connectivity index is 1.20. The zero-order valence-corrected chi connectivity index (χ0v) is 25.8. The van der Waals surface area contributed by atoms with Gasteiger partial charge in [-0.05, 0) is 100 Å². The second-order valence-electron chi connectivity index (χ2n) is 11.5. The minimum atomic E-state index is -0.681. The van der Waals surface area contributed by atoms with Gasteiger partial charge in [-0.25, -0.2) is 0 Å². The maximum atomic E-state index is 13.6. The summed E-state index contributed by atoms with van der Waals surface area (Å²) < 4.78 is 0.969. The molecule has 0 spiro atoms. The SMILES string of the molecule is N=C([O-])N1CCC(CC(=O)N2CCC(C3c4ncc(Br)cc4CCc4cc(Cl)cc(Cl)c43)CC2)C1c1ccccc1. The molecular formula is C32H32BrCl2N4O2-. The van der Waals surface area contributed by atoms with Crippen molar-refractivity contribution in [2.75, 3.05) is 19.6 Å². The van der Waals surface area contributed by atoms with Crippen molar-refractivity contribution in [1.29, 1.82) is 5.41 Å². The number of likely N-dealkylation sites (tertiary alicyclic amines) is 2. The minimum Gasteiger partial charge on any atom is -0.846 e. The Morgan fingerprint density at radius 3 is 2.49 bits per heavy atom. The Hall–Kier alpha value is -2.61. The highest BCUT2D eigenvalue weighted by Gasteiger charge is 2.39. The predicted octanol–water partition coefficient (Wildman–Crippen LogP) is 6.37. The lowest BCUT2D eigenvalue weighted by molar-refractivity contribution is -0.238. The fraction of sp³-hybridized carbons (Fsp3) is 0.406. The van der Waals surface area contributed by atoms with Crippen molar-refractivity contribution in [3.63, 3.8) is 0 Å². The van der Waals surface area contributed by atoms with E-state index in [0.29, 0.717) is 42.0 Å². The average Bonchev–Trinajstić information content (AvgIpc) is 3.31. The minimum absolute atomic E-state index is 0.00346. The molecular weight excluding hydrogens is 623 g/mol. The van der Waals surface area contributed by atoms with Crippen molar-refractivity contribution >= 4 is 51.1 Å². The van der Waals surface area contributed by atoms with Gasteiger partial charge in [0.1, 0.15) is 0 Å². The number of pyridine rings is 1. The van der Waals surface area contributed by atoms with Gasteiger partial charge in [-0.3, -0.25) is 15.2 Å². The largest absolute Gasteiger partial charge is 0.846 e. The number of halogens is 3. The van der Waals surface area contributed by atoms with Gasteiger partial charge in [0, 0.05) is 58.7 Å². The molecule has 3 aromatic rings. The standard InChI is InChI=1S/C32H33BrCl2N4O2/c33-24-14-22-7-6-21-15-25(34)17-26(35)28(21)29(30(22)37-18-24)19-8-11-38(12-9-19)27(40)16-23-10-13-39(32(36)41)31(23)20-4-2-1-3-5-20/h1-5,14-15,17-19,23,29,31H,6-13,16H2,(H2,36,41)/p-1. The molecule has 3 heterocycles. The van der Waals surface area contributed by atoms with Crippen LogP contribution in [-0.4, -0.2) is 46.3 Å². The van der Waals surface area contributed by atoms with Crippen LogP contribution in [-0.2, 0) is 17.6 Å². The van der Waals surface area contributed by atoms with Crippen LogP contribution in [0.15, 0.2) is 59.2 Å². The Labute approximate surface area is 259 Å². The number of nitrogens with zero attached hydrogens (tertiary/aromatic N) is 3. The molecule has 2 aliphatic heterocycles. The molecule has 1 N–H and O–H groups in total. The molecule has 9 heteroatoms. The van der Waals surface area contributed by atoms with Crippen molar-refractivity contribution < 1.29 is 9.90 Å². The highest BCUT2D eigenvalue weighted by Crippen LogP contribution is 2.46. The molecule has 1 amide bonds. The average molecular weight is 655 g/mol. The van der Waals surface area contributed by atoms with Crippen molar-refractivity contribution in [3.05, 3.63) is 97.2 Å². The first kappa shape index (κ1) is 28.5. The molecule has 6 nitrogen and oxygen atoms in total. The fourth-order valence-corrected chi connectivity index (χ4v) is 8.30. The molecule has 3 aliphatic rings. The molecule has 1 aliphatic carbocycles. The van der Waals surface area contributed by atoms with E-state index in [1.807, 2.05) is 53.6 Å². The lowest BCUT2D eigenvalue weighted by Gasteiger charge is -2.38. The monoisotopic (exact) mass is 653 g/mol. The van der Waals surface area contributed by atoms with E-state index in [2.05, 4.69) is 22.0 Å². The van der Waals surface area contributed by atoms with Crippen molar-refractivity contribution in [2.24, 2.45) is 11.8 Å². The third kappa shape index (κ3) is 5.73. The molecule has 2 fully saturated rings. The van der Waals surface area contributed by atoms with Gasteiger partial charge >= 0.3 is 0 Å². The number of piperidine rings is 1. The topological polar surface area (TPSA) is 83.3 Å². The van der Waals surface area contributed by atoms with Gasteiger partial charge in [-0.1, -0.05) is 53.5 Å². The van der Waals surface area contributed by atoms with E-state index in [4.69, 9.17) is 33.6 Å². The van der Waals surface area contributed by atoms with Crippen LogP contribution in [0, 0.1) is 17.2 Å². The van der Waals surface area contributed by atoms with Crippen LogP contribution < -0.4 is 5.11 Å². The van der Waals surface area contributed by atoms with Crippen molar-refractivity contribution in [2.45, 2.75) is 50.5 Å². The Morgan fingerprint density at radius 2 is 1.76 bits per heavy atom. The van der Waals surface area contributed by atoms with Crippen LogP contribution in [0.1, 0.15) is 65.6 Å². The van der Waals surface area contributed by atoms with E-state index < -0.39 is 6.02 Å². The lowest BCUT2D eigenvalue weighted by Crippen LogP contribution is -2.42. The van der Waals surface area contributed by atoms with Gasteiger partial charge in [0.15, 0.2) is 0 Å². The van der Waals surface area contributed by atoms with E-state index in [9.17, 15) is 9.90 Å². The smallest absolute Gasteiger partial charge is 0.222 e. The fourth-order valence-electron chi connectivity index (χ4n) is 7.27. The number of carbonyl (C=O) groups excluding carboxylic acids is 1. The van der Waals surface area contributed by atoms with Gasteiger partial charge in [0.05, 0.1) is 11.7 Å². The van der Waals surface area contributed by atoms with Gasteiger partial charge in [-0.2, -0.15) is 0 Å². The van der Waals surface area contributed by atoms with Gasteiger partial charge in [0.2, 0.25) is 5.91 Å². The highest BCUT2D eigenvalue weighted by molar-refractivity contribution is 9.10. The first-order valence-corrected chi connectivity index (χ1v) is 15.8. The second kappa shape index (κ2) is 11.9. The summed E-state index contributed by atoms with van der Waals surface area (Å²) in [7, 11) is 0. The number of nitrogens with one attached hydrogen (secondary N) is 1. The summed E-state index contributed by atoms with van der Waals surface area (Å²) in [5.74, 6) is 0.472. The van der Waals surface area contributed by atoms with E-state index in [0.717, 1.165) is 53.4 Å². The van der Waals surface area contributed by atoms with Gasteiger partial charge < -0.3 is 14.9 Å². The molecule has 3 unspecified atom stereocenters. The predicted molar refractivity (Wildman–Crippen MR) is 163 cm³/mol. The van der Waals surface area contributed by atoms with E-state index in [1.165, 1.54) is 11.1 Å². The molecule has 6 rings (SSSR count). The zero-order chi connectivity index (χ0) is 28.7. The summed E-state index contributed by atoms with van der Waals surface area (Å²) in [6.45, 7) is 1.86. The third-order valence-corrected chi connectivity index (χ3v) is 10.1. The van der Waals surface area contributed by atoms with Crippen LogP contribution in [0.2, 0.25) is 10.0 Å². The number of rotatable bonds is 4. The third-order valence-electron chi connectivity index (χ3n) is 9.14. The summed E-state index contributed by atoms with van der Waals surface area (Å²) in [6.07, 6.45) is 6.42. The number of amidine groups is 1. The number of benzene rings is 2. The zero-order valence-electron chi connectivity index (χ0n) is 22.7. The van der Waals surface area contributed by atoms with Crippen LogP contribution in [0.3, 0.4) is 0 Å². The molecule has 3 atom stereocenters. The van der Waals surface area contributed by atoms with Crippen LogP contribution >= 0.6 is 39.1 Å². The number of fused-ring (bicyclic) bond motifs is 2. The van der Waals surface area contributed by atoms with E-state index >= 15 is 0 Å². The first-order chi connectivity index (χ1) is 19.8. The van der Waals surface area contributed by atoms with Gasteiger partial charge in [-0.15, -0.1) is 0 Å². The highest BCUT2D eigenvalue weighted by atomic mass is 79.9. The van der Waals surface area contributed by atoms with Crippen molar-refractivity contribution in [3.8, 4) is 0 Å². The summed E-state index contributed by atoms with van der Waals surface area (Å²) in [5, 5.41) is 21.2. The quantitative estimate of drug-likeness (QED) is 0.262. The number of hydrogen-bond acceptors (Lipinski definition) is 4. The van der Waals surface area contributed by atoms with E-state index in [1.54, 1.807) is 4.90 Å². The maximum absolute atomic E-state index is 13.6. The number of aryl methyl sites for hydroxylation is 2. The summed E-state index contributed by atoms with van der Waals surface area (Å²) >= 11 is 16.9. The van der Waals surface area contributed by atoms with Gasteiger partial charge in [0.25, 0.3) is 0 Å². The van der Waals surface area contributed by atoms with E-state index in [-0.39, 0.29) is 23.8 Å². The van der Waals surface area contributed by atoms with Crippen molar-refractivity contribution in [1.82, 2.24) is 14.8 Å². The molecule has 41 heavy (non-hydrogen) atoms. The molecule has 0 saturated carbocycles. The van der Waals surface area contributed by atoms with Crippen LogP contribution in [0.4, 0.5) is 0 Å². The van der Waals surface area contributed by atoms with Crippen LogP contribution in [0.25, 0.3) is 0 Å². The number of aromatic nitrogens is 1. The molecule has 214 valence electrons. The number of amides is 1. The molecule has 0 radical (unpaired) electrons. The lowest BCUT2D eigenvalue weighted by atomic mass is 9.76. The molecule has 1 aromatic heterocycles. The number of carbonyl (C=O) groups is 1. The maximum Gasteiger partial charge on any atom is 0.222 e. The normalized spacial score (nSPS) is 22.7. The summed E-state index contributed by atoms with van der Waals surface area (Å²) in [5.41, 5.74) is 5.61. The number of hydrogen-bond donors (Lipinski definition) is 1. The Morgan fingerprint density at radius 1 is 1.02 bits per heavy atom. The molecule has 0 bridgehead atoms. The summed E-state index contributed by atoms with van der Waals surface area (Å²) in [6, 6.07) is 15.0. The summed E-state index contributed by atoms with van der Waals surface area (Å²) in [4.78, 5) is 22.1. The molecule has 2 saturated heterocycles. The Kier molecular flexibility index (Phi) is 8.30. The molecule has 2 aromatic carbocycles. The first-order valence-electron chi connectivity index (χ1n) is 14.3. The second-order valence-corrected chi connectivity index (χ2v) is 13.2. The Bertz CT molecular complexity index is 1460. The van der Waals surface area contributed by atoms with Crippen LogP contribution in [0.5, 0.6) is 0 Å².